The van der Waals surface area contributed by atoms with Gasteiger partial charge in [0.2, 0.25) is 0 Å². The van der Waals surface area contributed by atoms with Crippen molar-refractivity contribution in [3.05, 3.63) is 77.6 Å². The quantitative estimate of drug-likeness (QED) is 0.369. The smallest absolute Gasteiger partial charge is 0.387 e. The molecule has 0 radical (unpaired) electrons. The first-order valence-corrected chi connectivity index (χ1v) is 11.0. The molecule has 0 heterocycles. The highest BCUT2D eigenvalue weighted by Gasteiger charge is 2.35. The van der Waals surface area contributed by atoms with Gasteiger partial charge in [-0.1, -0.05) is 24.0 Å². The Labute approximate surface area is 182 Å². The fourth-order valence-corrected chi connectivity index (χ4v) is 5.19. The Bertz CT molecular complexity index is 970. The van der Waals surface area contributed by atoms with Gasteiger partial charge in [-0.2, -0.15) is 8.78 Å². The molecule has 0 saturated heterocycles. The van der Waals surface area contributed by atoms with Crippen molar-refractivity contribution in [1.82, 2.24) is 0 Å². The molecule has 0 aliphatic heterocycles. The third-order valence-corrected chi connectivity index (χ3v) is 6.87. The highest BCUT2D eigenvalue weighted by molar-refractivity contribution is 5.45. The lowest BCUT2D eigenvalue weighted by molar-refractivity contribution is -0.0498. The zero-order valence-electron chi connectivity index (χ0n) is 17.5. The van der Waals surface area contributed by atoms with Crippen molar-refractivity contribution in [2.45, 2.75) is 51.1 Å². The molecule has 2 aliphatic rings. The second kappa shape index (κ2) is 9.64. The molecule has 1 nitrogen and oxygen atoms in total. The number of halogens is 3. The van der Waals surface area contributed by atoms with Crippen molar-refractivity contribution in [2.75, 3.05) is 0 Å². The van der Waals surface area contributed by atoms with Crippen LogP contribution in [0.5, 0.6) is 5.75 Å². The molecule has 0 aromatic heterocycles. The van der Waals surface area contributed by atoms with Gasteiger partial charge in [0, 0.05) is 5.56 Å². The van der Waals surface area contributed by atoms with Crippen LogP contribution in [0.25, 0.3) is 0 Å². The van der Waals surface area contributed by atoms with E-state index in [0.29, 0.717) is 23.0 Å². The predicted octanol–water partition coefficient (Wildman–Crippen LogP) is 7.31. The summed E-state index contributed by atoms with van der Waals surface area (Å²) in [4.78, 5) is 0. The molecule has 2 fully saturated rings. The van der Waals surface area contributed by atoms with Gasteiger partial charge >= 0.3 is 6.61 Å². The lowest BCUT2D eigenvalue weighted by Gasteiger charge is -2.41. The first-order chi connectivity index (χ1) is 15.0. The summed E-state index contributed by atoms with van der Waals surface area (Å²) in [5.74, 6) is 8.13. The number of hydrogen-bond donors (Lipinski definition) is 0. The number of hydrogen-bond acceptors (Lipinski definition) is 1. The Hall–Kier alpha value is -2.67. The van der Waals surface area contributed by atoms with Gasteiger partial charge in [0.25, 0.3) is 0 Å². The van der Waals surface area contributed by atoms with Gasteiger partial charge in [-0.05, 0) is 104 Å². The van der Waals surface area contributed by atoms with Crippen LogP contribution in [0.3, 0.4) is 0 Å². The molecule has 4 rings (SSSR count). The van der Waals surface area contributed by atoms with Crippen LogP contribution in [0.2, 0.25) is 0 Å². The van der Waals surface area contributed by atoms with Crippen LogP contribution in [-0.4, -0.2) is 6.61 Å². The van der Waals surface area contributed by atoms with Crippen molar-refractivity contribution in [3.8, 4) is 17.6 Å². The molecule has 2 aromatic rings. The standard InChI is InChI=1S/C27H27F3O/c1-2-18-3-8-22-16-23(12-11-21(22)15-18)24-10-9-20(26(28)17-24)7-4-19-5-13-25(14-6-19)31-27(29)30/h2,5-6,9-10,13-14,17-18,21-23,27H,1,3,8,11-12,15-16H2. The summed E-state index contributed by atoms with van der Waals surface area (Å²) >= 11 is 0. The van der Waals surface area contributed by atoms with Crippen LogP contribution >= 0.6 is 0 Å². The molecule has 162 valence electrons. The first kappa shape index (κ1) is 21.6. The summed E-state index contributed by atoms with van der Waals surface area (Å²) in [6, 6.07) is 11.4. The van der Waals surface area contributed by atoms with Crippen LogP contribution in [0.1, 0.15) is 61.1 Å². The van der Waals surface area contributed by atoms with Crippen molar-refractivity contribution in [1.29, 1.82) is 0 Å². The van der Waals surface area contributed by atoms with E-state index in [1.165, 1.54) is 37.8 Å². The number of benzene rings is 2. The van der Waals surface area contributed by atoms with Crippen LogP contribution in [0.4, 0.5) is 13.2 Å². The Morgan fingerprint density at radius 1 is 0.935 bits per heavy atom. The zero-order valence-corrected chi connectivity index (χ0v) is 17.5. The van der Waals surface area contributed by atoms with Crippen LogP contribution < -0.4 is 4.74 Å². The Morgan fingerprint density at radius 2 is 1.68 bits per heavy atom. The molecule has 4 unspecified atom stereocenters. The summed E-state index contributed by atoms with van der Waals surface area (Å²) in [5, 5.41) is 0. The van der Waals surface area contributed by atoms with Crippen LogP contribution in [0.15, 0.2) is 55.1 Å². The summed E-state index contributed by atoms with van der Waals surface area (Å²) < 4.78 is 43.5. The SMILES string of the molecule is C=CC1CCC2CC(c3ccc(C#Cc4ccc(OC(F)F)cc4)c(F)c3)CCC2C1. The minimum absolute atomic E-state index is 0.0729. The fraction of sp³-hybridized carbons (Fsp3) is 0.407. The van der Waals surface area contributed by atoms with E-state index in [2.05, 4.69) is 29.2 Å². The van der Waals surface area contributed by atoms with E-state index in [4.69, 9.17) is 0 Å². The second-order valence-corrected chi connectivity index (χ2v) is 8.73. The van der Waals surface area contributed by atoms with Crippen molar-refractivity contribution in [2.24, 2.45) is 17.8 Å². The zero-order chi connectivity index (χ0) is 21.8. The molecule has 0 N–H and O–H groups in total. The number of ether oxygens (including phenoxy) is 1. The lowest BCUT2D eigenvalue weighted by Crippen LogP contribution is -2.30. The van der Waals surface area contributed by atoms with E-state index in [-0.39, 0.29) is 11.6 Å². The molecule has 0 bridgehead atoms. The molecule has 4 heteroatoms. The molecule has 0 amide bonds. The molecule has 2 aliphatic carbocycles. The van der Waals surface area contributed by atoms with Gasteiger partial charge in [-0.15, -0.1) is 6.58 Å². The van der Waals surface area contributed by atoms with Gasteiger partial charge in [0.15, 0.2) is 0 Å². The van der Waals surface area contributed by atoms with Crippen molar-refractivity contribution < 1.29 is 17.9 Å². The van der Waals surface area contributed by atoms with Crippen molar-refractivity contribution >= 4 is 0 Å². The average molecular weight is 425 g/mol. The minimum atomic E-state index is -2.86. The Morgan fingerprint density at radius 3 is 2.39 bits per heavy atom. The minimum Gasteiger partial charge on any atom is -0.435 e. The Balaban J connectivity index is 1.41. The van der Waals surface area contributed by atoms with Gasteiger partial charge < -0.3 is 4.74 Å². The number of alkyl halides is 2. The number of rotatable bonds is 4. The largest absolute Gasteiger partial charge is 0.435 e. The van der Waals surface area contributed by atoms with E-state index in [0.717, 1.165) is 30.2 Å². The topological polar surface area (TPSA) is 9.23 Å². The fourth-order valence-electron chi connectivity index (χ4n) is 5.19. The van der Waals surface area contributed by atoms with E-state index in [9.17, 15) is 13.2 Å². The second-order valence-electron chi connectivity index (χ2n) is 8.73. The van der Waals surface area contributed by atoms with E-state index in [1.807, 2.05) is 6.07 Å². The molecule has 0 spiro atoms. The van der Waals surface area contributed by atoms with Crippen molar-refractivity contribution in [3.63, 3.8) is 0 Å². The normalized spacial score (nSPS) is 25.3. The highest BCUT2D eigenvalue weighted by atomic mass is 19.3. The monoisotopic (exact) mass is 424 g/mol. The first-order valence-electron chi connectivity index (χ1n) is 11.0. The number of fused-ring (bicyclic) bond motifs is 1. The third kappa shape index (κ3) is 5.34. The van der Waals surface area contributed by atoms with E-state index >= 15 is 0 Å². The molecular weight excluding hydrogens is 397 g/mol. The summed E-state index contributed by atoms with van der Waals surface area (Å²) in [6.07, 6.45) is 9.34. The summed E-state index contributed by atoms with van der Waals surface area (Å²) in [7, 11) is 0. The number of allylic oxidation sites excluding steroid dienone is 1. The molecule has 31 heavy (non-hydrogen) atoms. The van der Waals surface area contributed by atoms with Gasteiger partial charge in [-0.3, -0.25) is 0 Å². The maximum absolute atomic E-state index is 14.7. The predicted molar refractivity (Wildman–Crippen MR) is 117 cm³/mol. The molecular formula is C27H27F3O. The van der Waals surface area contributed by atoms with Gasteiger partial charge in [0.05, 0.1) is 5.56 Å². The lowest BCUT2D eigenvalue weighted by atomic mass is 9.64. The molecule has 2 saturated carbocycles. The van der Waals surface area contributed by atoms with Crippen LogP contribution in [0, 0.1) is 35.4 Å². The van der Waals surface area contributed by atoms with Gasteiger partial charge in [0.1, 0.15) is 11.6 Å². The highest BCUT2D eigenvalue weighted by Crippen LogP contribution is 2.47. The van der Waals surface area contributed by atoms with Crippen LogP contribution in [-0.2, 0) is 0 Å². The maximum atomic E-state index is 14.7. The molecule has 2 aromatic carbocycles. The molecule has 4 atom stereocenters. The average Bonchev–Trinajstić information content (AvgIpc) is 2.78. The summed E-state index contributed by atoms with van der Waals surface area (Å²) in [5.41, 5.74) is 2.02. The summed E-state index contributed by atoms with van der Waals surface area (Å²) in [6.45, 7) is 1.11. The van der Waals surface area contributed by atoms with Gasteiger partial charge in [-0.25, -0.2) is 4.39 Å². The third-order valence-electron chi connectivity index (χ3n) is 6.87. The van der Waals surface area contributed by atoms with E-state index < -0.39 is 6.61 Å². The van der Waals surface area contributed by atoms with E-state index in [1.54, 1.807) is 24.3 Å². The maximum Gasteiger partial charge on any atom is 0.387 e. The Kier molecular flexibility index (Phi) is 6.70.